The van der Waals surface area contributed by atoms with E-state index in [1.54, 1.807) is 11.6 Å². The SMILES string of the molecule is CCCCc1ccc([C@H]2CC[C@H]([C@H]3CC[C@H](CCC=CC=C(F)C#N)CC3)CC2)cc1. The second kappa shape index (κ2) is 12.8. The molecule has 0 bridgehead atoms. The molecular weight excluding hydrogens is 381 g/mol. The van der Waals surface area contributed by atoms with Gasteiger partial charge in [0.2, 0.25) is 0 Å². The Morgan fingerprint density at radius 1 is 1.00 bits per heavy atom. The van der Waals surface area contributed by atoms with Crippen molar-refractivity contribution >= 4 is 0 Å². The lowest BCUT2D eigenvalue weighted by atomic mass is 9.68. The van der Waals surface area contributed by atoms with Gasteiger partial charge >= 0.3 is 0 Å². The van der Waals surface area contributed by atoms with Crippen LogP contribution < -0.4 is 0 Å². The molecule has 0 atom stereocenters. The van der Waals surface area contributed by atoms with Crippen molar-refractivity contribution in [3.05, 3.63) is 59.4 Å². The van der Waals surface area contributed by atoms with Crippen LogP contribution in [-0.4, -0.2) is 0 Å². The molecule has 0 aromatic heterocycles. The second-order valence-electron chi connectivity index (χ2n) is 9.87. The predicted octanol–water partition coefficient (Wildman–Crippen LogP) is 8.82. The lowest BCUT2D eigenvalue weighted by Crippen LogP contribution is -2.25. The Balaban J connectivity index is 1.35. The zero-order valence-electron chi connectivity index (χ0n) is 19.4. The molecule has 0 heterocycles. The van der Waals surface area contributed by atoms with Crippen LogP contribution in [0.1, 0.15) is 101 Å². The molecule has 3 rings (SSSR count). The zero-order chi connectivity index (χ0) is 21.9. The molecule has 0 saturated heterocycles. The third-order valence-corrected chi connectivity index (χ3v) is 7.83. The average Bonchev–Trinajstić information content (AvgIpc) is 2.83. The molecule has 0 spiro atoms. The molecule has 0 aliphatic heterocycles. The van der Waals surface area contributed by atoms with Crippen LogP contribution in [0.2, 0.25) is 0 Å². The van der Waals surface area contributed by atoms with Gasteiger partial charge in [0.15, 0.2) is 5.83 Å². The molecule has 2 heteroatoms. The molecule has 1 nitrogen and oxygen atoms in total. The first-order valence-electron chi connectivity index (χ1n) is 12.7. The Hall–Kier alpha value is -1.88. The van der Waals surface area contributed by atoms with Crippen LogP contribution in [0.4, 0.5) is 4.39 Å². The summed E-state index contributed by atoms with van der Waals surface area (Å²) in [4.78, 5) is 0. The summed E-state index contributed by atoms with van der Waals surface area (Å²) in [6, 6.07) is 11.0. The van der Waals surface area contributed by atoms with E-state index in [4.69, 9.17) is 5.26 Å². The minimum absolute atomic E-state index is 0.713. The summed E-state index contributed by atoms with van der Waals surface area (Å²) in [5, 5.41) is 8.41. The van der Waals surface area contributed by atoms with Gasteiger partial charge in [-0.2, -0.15) is 9.65 Å². The summed E-state index contributed by atoms with van der Waals surface area (Å²) in [6.07, 6.45) is 22.0. The topological polar surface area (TPSA) is 23.8 Å². The number of unbranched alkanes of at least 4 members (excludes halogenated alkanes) is 1. The number of hydrogen-bond donors (Lipinski definition) is 0. The minimum Gasteiger partial charge on any atom is -0.195 e. The van der Waals surface area contributed by atoms with Gasteiger partial charge in [-0.1, -0.05) is 62.6 Å². The van der Waals surface area contributed by atoms with E-state index in [1.807, 2.05) is 6.08 Å². The molecule has 31 heavy (non-hydrogen) atoms. The Labute approximate surface area is 189 Å². The molecule has 1 aromatic rings. The molecule has 0 radical (unpaired) electrons. The summed E-state index contributed by atoms with van der Waals surface area (Å²) in [7, 11) is 0. The van der Waals surface area contributed by atoms with Gasteiger partial charge in [-0.3, -0.25) is 0 Å². The van der Waals surface area contributed by atoms with Gasteiger partial charge in [-0.05, 0) is 105 Å². The second-order valence-corrected chi connectivity index (χ2v) is 9.87. The molecule has 2 saturated carbocycles. The van der Waals surface area contributed by atoms with E-state index >= 15 is 0 Å². The van der Waals surface area contributed by atoms with Crippen LogP contribution in [0.25, 0.3) is 0 Å². The van der Waals surface area contributed by atoms with E-state index in [2.05, 4.69) is 31.2 Å². The first kappa shape index (κ1) is 23.8. The number of allylic oxidation sites excluding steroid dienone is 4. The quantitative estimate of drug-likeness (QED) is 0.288. The van der Waals surface area contributed by atoms with E-state index in [0.717, 1.165) is 30.1 Å². The highest BCUT2D eigenvalue weighted by molar-refractivity contribution is 5.26. The highest BCUT2D eigenvalue weighted by atomic mass is 19.1. The Kier molecular flexibility index (Phi) is 9.85. The number of benzene rings is 1. The Morgan fingerprint density at radius 3 is 2.26 bits per heavy atom. The van der Waals surface area contributed by atoms with Gasteiger partial charge in [-0.25, -0.2) is 0 Å². The van der Waals surface area contributed by atoms with Gasteiger partial charge in [0, 0.05) is 0 Å². The van der Waals surface area contributed by atoms with Crippen molar-refractivity contribution < 1.29 is 4.39 Å². The van der Waals surface area contributed by atoms with E-state index in [0.29, 0.717) is 0 Å². The monoisotopic (exact) mass is 421 g/mol. The summed E-state index contributed by atoms with van der Waals surface area (Å²) in [5.74, 6) is 2.78. The largest absolute Gasteiger partial charge is 0.199 e. The lowest BCUT2D eigenvalue weighted by Gasteiger charge is -2.38. The summed E-state index contributed by atoms with van der Waals surface area (Å²) >= 11 is 0. The van der Waals surface area contributed by atoms with Gasteiger partial charge < -0.3 is 0 Å². The first-order valence-corrected chi connectivity index (χ1v) is 12.7. The third kappa shape index (κ3) is 7.64. The van der Waals surface area contributed by atoms with E-state index < -0.39 is 5.83 Å². The zero-order valence-corrected chi connectivity index (χ0v) is 19.4. The van der Waals surface area contributed by atoms with Gasteiger partial charge in [-0.15, -0.1) is 0 Å². The molecule has 2 fully saturated rings. The number of nitriles is 1. The van der Waals surface area contributed by atoms with E-state index in [9.17, 15) is 4.39 Å². The Morgan fingerprint density at radius 2 is 1.65 bits per heavy atom. The van der Waals surface area contributed by atoms with Crippen molar-refractivity contribution in [2.45, 2.75) is 96.3 Å². The van der Waals surface area contributed by atoms with Crippen LogP contribution in [0, 0.1) is 29.1 Å². The maximum Gasteiger partial charge on any atom is 0.199 e. The number of rotatable bonds is 9. The van der Waals surface area contributed by atoms with Crippen molar-refractivity contribution in [2.75, 3.05) is 0 Å². The van der Waals surface area contributed by atoms with E-state index in [1.165, 1.54) is 94.8 Å². The van der Waals surface area contributed by atoms with Crippen LogP contribution in [0.5, 0.6) is 0 Å². The molecule has 2 aliphatic carbocycles. The van der Waals surface area contributed by atoms with Gasteiger partial charge in [0.05, 0.1) is 0 Å². The van der Waals surface area contributed by atoms with Crippen LogP contribution in [0.15, 0.2) is 48.3 Å². The fourth-order valence-electron chi connectivity index (χ4n) is 5.83. The Bertz CT molecular complexity index is 738. The van der Waals surface area contributed by atoms with Crippen LogP contribution >= 0.6 is 0 Å². The van der Waals surface area contributed by atoms with Crippen LogP contribution in [0.3, 0.4) is 0 Å². The normalized spacial score (nSPS) is 27.3. The van der Waals surface area contributed by atoms with Crippen LogP contribution in [-0.2, 0) is 6.42 Å². The molecule has 168 valence electrons. The van der Waals surface area contributed by atoms with Gasteiger partial charge in [0.1, 0.15) is 6.07 Å². The smallest absolute Gasteiger partial charge is 0.195 e. The minimum atomic E-state index is -0.713. The van der Waals surface area contributed by atoms with Crippen molar-refractivity contribution in [2.24, 2.45) is 17.8 Å². The highest BCUT2D eigenvalue weighted by Gasteiger charge is 2.31. The maximum absolute atomic E-state index is 12.8. The number of aryl methyl sites for hydroxylation is 1. The fraction of sp³-hybridized carbons (Fsp3) is 0.621. The van der Waals surface area contributed by atoms with Crippen molar-refractivity contribution in [3.8, 4) is 6.07 Å². The summed E-state index contributed by atoms with van der Waals surface area (Å²) in [5.41, 5.74) is 3.07. The molecule has 0 unspecified atom stereocenters. The third-order valence-electron chi connectivity index (χ3n) is 7.83. The fourth-order valence-corrected chi connectivity index (χ4v) is 5.83. The lowest BCUT2D eigenvalue weighted by molar-refractivity contribution is 0.157. The van der Waals surface area contributed by atoms with Crippen molar-refractivity contribution in [3.63, 3.8) is 0 Å². The molecule has 0 amide bonds. The van der Waals surface area contributed by atoms with E-state index in [-0.39, 0.29) is 0 Å². The first-order chi connectivity index (χ1) is 15.2. The molecule has 2 aliphatic rings. The highest BCUT2D eigenvalue weighted by Crippen LogP contribution is 2.44. The summed E-state index contributed by atoms with van der Waals surface area (Å²) in [6.45, 7) is 2.26. The predicted molar refractivity (Wildman–Crippen MR) is 128 cm³/mol. The molecular formula is C29H40FN. The van der Waals surface area contributed by atoms with Crippen molar-refractivity contribution in [1.82, 2.24) is 0 Å². The maximum atomic E-state index is 12.8. The number of halogens is 1. The average molecular weight is 422 g/mol. The van der Waals surface area contributed by atoms with Gasteiger partial charge in [0.25, 0.3) is 0 Å². The molecule has 0 N–H and O–H groups in total. The van der Waals surface area contributed by atoms with Crippen molar-refractivity contribution in [1.29, 1.82) is 5.26 Å². The number of hydrogen-bond acceptors (Lipinski definition) is 1. The molecule has 1 aromatic carbocycles. The number of nitrogens with zero attached hydrogens (tertiary/aromatic N) is 1. The standard InChI is InChI=1S/C29H40FN/c1-2-3-7-23-10-14-25(15-11-23)27-18-20-28(21-19-27)26-16-12-24(13-17-26)8-5-4-6-9-29(30)22-31/h4,6,9-11,14-15,24,26-28H,2-3,5,7-8,12-13,16-21H2,1H3/t24-,26-,27-,28-. The summed E-state index contributed by atoms with van der Waals surface area (Å²) < 4.78 is 12.8.